The van der Waals surface area contributed by atoms with Gasteiger partial charge in [-0.1, -0.05) is 18.6 Å². The SMILES string of the molecule is C/C(=C\CCC1(C)Oc2c(c(=O)oc3cc(O)ccc23)C1C)Cc1cc(C)co1. The molecule has 0 saturated carbocycles. The molecule has 5 nitrogen and oxygen atoms in total. The molecule has 0 bridgehead atoms. The van der Waals surface area contributed by atoms with Gasteiger partial charge < -0.3 is 18.7 Å². The summed E-state index contributed by atoms with van der Waals surface area (Å²) in [5.74, 6) is 1.51. The number of aryl methyl sites for hydroxylation is 1. The predicted molar refractivity (Wildman–Crippen MR) is 112 cm³/mol. The molecule has 1 aliphatic rings. The Kier molecular flexibility index (Phi) is 4.77. The van der Waals surface area contributed by atoms with Gasteiger partial charge in [0.05, 0.1) is 17.2 Å². The van der Waals surface area contributed by atoms with Crippen molar-refractivity contribution in [1.82, 2.24) is 0 Å². The lowest BCUT2D eigenvalue weighted by atomic mass is 9.84. The Bertz CT molecular complexity index is 1150. The number of ether oxygens (including phenoxy) is 1. The van der Waals surface area contributed by atoms with Gasteiger partial charge >= 0.3 is 5.63 Å². The van der Waals surface area contributed by atoms with Gasteiger partial charge in [-0.25, -0.2) is 4.79 Å². The van der Waals surface area contributed by atoms with Gasteiger partial charge in [-0.15, -0.1) is 0 Å². The fourth-order valence-electron chi connectivity index (χ4n) is 4.09. The predicted octanol–water partition coefficient (Wildman–Crippen LogP) is 5.62. The van der Waals surface area contributed by atoms with Gasteiger partial charge in [0.15, 0.2) is 0 Å². The van der Waals surface area contributed by atoms with E-state index >= 15 is 0 Å². The van der Waals surface area contributed by atoms with E-state index in [0.717, 1.165) is 30.6 Å². The molecular weight excluding hydrogens is 368 g/mol. The molecule has 0 amide bonds. The van der Waals surface area contributed by atoms with Crippen LogP contribution in [0.15, 0.2) is 55.8 Å². The van der Waals surface area contributed by atoms with Crippen LogP contribution in [-0.2, 0) is 6.42 Å². The molecule has 2 atom stereocenters. The number of fused-ring (bicyclic) bond motifs is 3. The van der Waals surface area contributed by atoms with E-state index in [0.29, 0.717) is 22.3 Å². The number of benzene rings is 1. The third kappa shape index (κ3) is 3.57. The van der Waals surface area contributed by atoms with Gasteiger partial charge in [-0.2, -0.15) is 0 Å². The van der Waals surface area contributed by atoms with Crippen LogP contribution in [0.5, 0.6) is 11.5 Å². The van der Waals surface area contributed by atoms with Crippen molar-refractivity contribution in [3.63, 3.8) is 0 Å². The zero-order valence-electron chi connectivity index (χ0n) is 17.2. The molecule has 5 heteroatoms. The Hall–Kier alpha value is -2.95. The highest BCUT2D eigenvalue weighted by atomic mass is 16.5. The van der Waals surface area contributed by atoms with E-state index < -0.39 is 11.2 Å². The smallest absolute Gasteiger partial charge is 0.343 e. The lowest BCUT2D eigenvalue weighted by molar-refractivity contribution is 0.0862. The molecule has 1 aliphatic heterocycles. The van der Waals surface area contributed by atoms with E-state index in [4.69, 9.17) is 13.6 Å². The summed E-state index contributed by atoms with van der Waals surface area (Å²) in [5.41, 5.74) is 2.40. The molecule has 1 aromatic carbocycles. The summed E-state index contributed by atoms with van der Waals surface area (Å²) in [5, 5.41) is 10.4. The van der Waals surface area contributed by atoms with Crippen molar-refractivity contribution in [3.05, 3.63) is 69.5 Å². The first-order valence-corrected chi connectivity index (χ1v) is 9.95. The number of aromatic hydroxyl groups is 1. The molecule has 0 radical (unpaired) electrons. The minimum Gasteiger partial charge on any atom is -0.508 e. The van der Waals surface area contributed by atoms with Crippen molar-refractivity contribution >= 4 is 11.0 Å². The van der Waals surface area contributed by atoms with Crippen LogP contribution in [0.1, 0.15) is 56.4 Å². The average Bonchev–Trinajstić information content (AvgIpc) is 3.16. The highest BCUT2D eigenvalue weighted by Crippen LogP contribution is 2.48. The molecule has 0 aliphatic carbocycles. The third-order valence-electron chi connectivity index (χ3n) is 5.93. The van der Waals surface area contributed by atoms with Crippen molar-refractivity contribution < 1.29 is 18.7 Å². The van der Waals surface area contributed by atoms with Crippen LogP contribution in [0.2, 0.25) is 0 Å². The summed E-state index contributed by atoms with van der Waals surface area (Å²) in [4.78, 5) is 12.6. The van der Waals surface area contributed by atoms with Gasteiger partial charge in [0.25, 0.3) is 0 Å². The molecule has 0 spiro atoms. The van der Waals surface area contributed by atoms with Crippen LogP contribution in [0.4, 0.5) is 0 Å². The fourth-order valence-corrected chi connectivity index (χ4v) is 4.09. The Labute approximate surface area is 169 Å². The minimum absolute atomic E-state index is 0.0572. The summed E-state index contributed by atoms with van der Waals surface area (Å²) in [6.07, 6.45) is 6.38. The van der Waals surface area contributed by atoms with Gasteiger partial charge in [-0.3, -0.25) is 0 Å². The maximum absolute atomic E-state index is 12.6. The van der Waals surface area contributed by atoms with Crippen molar-refractivity contribution in [2.24, 2.45) is 0 Å². The normalized spacial score (nSPS) is 21.4. The number of furan rings is 1. The number of hydrogen-bond acceptors (Lipinski definition) is 5. The minimum atomic E-state index is -0.499. The van der Waals surface area contributed by atoms with Gasteiger partial charge in [0.2, 0.25) is 0 Å². The van der Waals surface area contributed by atoms with Gasteiger partial charge in [0, 0.05) is 18.4 Å². The standard InChI is InChI=1S/C24H26O5/c1-14(10-18-11-15(2)13-27-18)6-5-9-24(4)16(3)21-22(29-24)19-8-7-17(25)12-20(19)28-23(21)26/h6-8,11-13,16,25H,5,9-10H2,1-4H3/b14-6+. The van der Waals surface area contributed by atoms with Crippen LogP contribution in [0, 0.1) is 6.92 Å². The monoisotopic (exact) mass is 394 g/mol. The summed E-state index contributed by atoms with van der Waals surface area (Å²) in [6, 6.07) is 6.82. The quantitative estimate of drug-likeness (QED) is 0.449. The van der Waals surface area contributed by atoms with E-state index in [9.17, 15) is 9.90 Å². The first kappa shape index (κ1) is 19.4. The second-order valence-corrected chi connectivity index (χ2v) is 8.31. The average molecular weight is 394 g/mol. The lowest BCUT2D eigenvalue weighted by Crippen LogP contribution is -2.33. The molecule has 4 rings (SSSR count). The van der Waals surface area contributed by atoms with Gasteiger partial charge in [0.1, 0.15) is 28.4 Å². The molecule has 29 heavy (non-hydrogen) atoms. The molecule has 0 saturated heterocycles. The second kappa shape index (κ2) is 7.14. The van der Waals surface area contributed by atoms with E-state index in [2.05, 4.69) is 19.1 Å². The van der Waals surface area contributed by atoms with Crippen molar-refractivity contribution in [1.29, 1.82) is 0 Å². The summed E-state index contributed by atoms with van der Waals surface area (Å²) < 4.78 is 17.3. The van der Waals surface area contributed by atoms with Crippen LogP contribution >= 0.6 is 0 Å². The van der Waals surface area contributed by atoms with Crippen molar-refractivity contribution in [2.45, 2.75) is 58.5 Å². The topological polar surface area (TPSA) is 72.8 Å². The van der Waals surface area contributed by atoms with E-state index in [-0.39, 0.29) is 11.7 Å². The van der Waals surface area contributed by atoms with E-state index in [1.165, 1.54) is 11.6 Å². The second-order valence-electron chi connectivity index (χ2n) is 8.31. The van der Waals surface area contributed by atoms with Crippen LogP contribution in [0.3, 0.4) is 0 Å². The largest absolute Gasteiger partial charge is 0.508 e. The molecule has 3 aromatic rings. The van der Waals surface area contributed by atoms with Crippen molar-refractivity contribution in [2.75, 3.05) is 0 Å². The Morgan fingerprint density at radius 3 is 2.83 bits per heavy atom. The first-order valence-electron chi connectivity index (χ1n) is 9.95. The highest BCUT2D eigenvalue weighted by molar-refractivity contribution is 5.86. The fraction of sp³-hybridized carbons (Fsp3) is 0.375. The first-order chi connectivity index (χ1) is 13.8. The summed E-state index contributed by atoms with van der Waals surface area (Å²) >= 11 is 0. The van der Waals surface area contributed by atoms with E-state index in [1.54, 1.807) is 18.4 Å². The zero-order valence-corrected chi connectivity index (χ0v) is 17.2. The Balaban J connectivity index is 1.53. The summed E-state index contributed by atoms with van der Waals surface area (Å²) in [6.45, 7) is 8.17. The maximum Gasteiger partial charge on any atom is 0.343 e. The summed E-state index contributed by atoms with van der Waals surface area (Å²) in [7, 11) is 0. The van der Waals surface area contributed by atoms with Crippen molar-refractivity contribution in [3.8, 4) is 11.5 Å². The van der Waals surface area contributed by atoms with Gasteiger partial charge in [-0.05, 0) is 57.4 Å². The van der Waals surface area contributed by atoms with Crippen LogP contribution < -0.4 is 10.4 Å². The van der Waals surface area contributed by atoms with Crippen LogP contribution in [-0.4, -0.2) is 10.7 Å². The number of hydrogen-bond donors (Lipinski definition) is 1. The molecule has 2 unspecified atom stereocenters. The molecule has 1 N–H and O–H groups in total. The maximum atomic E-state index is 12.6. The number of rotatable bonds is 5. The van der Waals surface area contributed by atoms with E-state index in [1.807, 2.05) is 20.8 Å². The zero-order chi connectivity index (χ0) is 20.8. The molecule has 152 valence electrons. The number of allylic oxidation sites excluding steroid dienone is 2. The number of phenolic OH excluding ortho intramolecular Hbond substituents is 1. The lowest BCUT2D eigenvalue weighted by Gasteiger charge is -2.28. The van der Waals surface area contributed by atoms with Crippen LogP contribution in [0.25, 0.3) is 11.0 Å². The molecule has 3 heterocycles. The molecule has 2 aromatic heterocycles. The Morgan fingerprint density at radius 1 is 1.31 bits per heavy atom. The number of phenols is 1. The Morgan fingerprint density at radius 2 is 2.10 bits per heavy atom. The highest BCUT2D eigenvalue weighted by Gasteiger charge is 2.44. The molecular formula is C24H26O5. The third-order valence-corrected chi connectivity index (χ3v) is 5.93. The molecule has 0 fully saturated rings.